The van der Waals surface area contributed by atoms with Crippen molar-refractivity contribution in [2.75, 3.05) is 37.6 Å². The molecule has 0 N–H and O–H groups in total. The average Bonchev–Trinajstić information content (AvgIpc) is 2.69. The topological polar surface area (TPSA) is 43.9 Å². The summed E-state index contributed by atoms with van der Waals surface area (Å²) in [5.74, 6) is -0.199. The van der Waals surface area contributed by atoms with Crippen LogP contribution < -0.4 is 4.90 Å². The molecule has 0 aromatic heterocycles. The lowest BCUT2D eigenvalue weighted by Gasteiger charge is -2.36. The first-order chi connectivity index (χ1) is 13.5. The van der Waals surface area contributed by atoms with Crippen LogP contribution in [-0.2, 0) is 16.1 Å². The van der Waals surface area contributed by atoms with Crippen LogP contribution in [0.25, 0.3) is 0 Å². The van der Waals surface area contributed by atoms with Crippen molar-refractivity contribution < 1.29 is 9.59 Å². The molecule has 1 heterocycles. The van der Waals surface area contributed by atoms with E-state index in [1.165, 1.54) is 17.4 Å². The third-order valence-electron chi connectivity index (χ3n) is 5.18. The molecule has 0 unspecified atom stereocenters. The first-order valence-corrected chi connectivity index (χ1v) is 9.91. The zero-order chi connectivity index (χ0) is 20.1. The molecular weight excluding hydrogens is 374 g/mol. The van der Waals surface area contributed by atoms with E-state index in [-0.39, 0.29) is 18.4 Å². The molecule has 1 fully saturated rings. The van der Waals surface area contributed by atoms with E-state index < -0.39 is 0 Å². The average molecular weight is 400 g/mol. The number of carbonyl (C=O) groups excluding carboxylic acids is 2. The molecule has 0 saturated carbocycles. The Balaban J connectivity index is 1.59. The zero-order valence-corrected chi connectivity index (χ0v) is 17.2. The Morgan fingerprint density at radius 1 is 1.00 bits per heavy atom. The molecule has 2 aromatic rings. The smallest absolute Gasteiger partial charge is 0.242 e. The lowest BCUT2D eigenvalue weighted by atomic mass is 10.1. The third kappa shape index (κ3) is 4.91. The molecular formula is C22H26ClN3O2. The second-order valence-electron chi connectivity index (χ2n) is 7.13. The van der Waals surface area contributed by atoms with Crippen LogP contribution in [0.3, 0.4) is 0 Å². The summed E-state index contributed by atoms with van der Waals surface area (Å²) in [5.41, 5.74) is 2.78. The van der Waals surface area contributed by atoms with E-state index in [1.807, 2.05) is 36.1 Å². The molecule has 28 heavy (non-hydrogen) atoms. The van der Waals surface area contributed by atoms with Crippen molar-refractivity contribution in [3.05, 3.63) is 64.7 Å². The minimum Gasteiger partial charge on any atom is -0.339 e. The number of anilines is 1. The second-order valence-corrected chi connectivity index (χ2v) is 7.54. The van der Waals surface area contributed by atoms with Gasteiger partial charge in [0, 0.05) is 50.4 Å². The number of hydrogen-bond donors (Lipinski definition) is 0. The second kappa shape index (κ2) is 9.22. The molecule has 1 saturated heterocycles. The zero-order valence-electron chi connectivity index (χ0n) is 16.4. The summed E-state index contributed by atoms with van der Waals surface area (Å²) in [7, 11) is 0. The molecule has 6 heteroatoms. The number of halogens is 1. The van der Waals surface area contributed by atoms with Gasteiger partial charge in [0.25, 0.3) is 0 Å². The number of benzene rings is 2. The van der Waals surface area contributed by atoms with E-state index in [0.29, 0.717) is 23.8 Å². The Kier molecular flexibility index (Phi) is 6.70. The van der Waals surface area contributed by atoms with Crippen molar-refractivity contribution in [3.63, 3.8) is 0 Å². The summed E-state index contributed by atoms with van der Waals surface area (Å²) in [6.07, 6.45) is 0. The van der Waals surface area contributed by atoms with Crippen molar-refractivity contribution in [2.45, 2.75) is 20.4 Å². The maximum absolute atomic E-state index is 12.8. The molecule has 2 aromatic carbocycles. The Hall–Kier alpha value is -2.37. The fourth-order valence-corrected chi connectivity index (χ4v) is 3.66. The highest BCUT2D eigenvalue weighted by molar-refractivity contribution is 6.31. The minimum absolute atomic E-state index is 0.0334. The fourth-order valence-electron chi connectivity index (χ4n) is 3.49. The SMILES string of the molecule is CC(=O)N(CC(=O)N1CCN(Cc2ccccc2)CC1)c1cccc(Cl)c1C. The van der Waals surface area contributed by atoms with Crippen molar-refractivity contribution in [1.29, 1.82) is 0 Å². The van der Waals surface area contributed by atoms with E-state index in [2.05, 4.69) is 17.0 Å². The van der Waals surface area contributed by atoms with E-state index in [0.717, 1.165) is 25.2 Å². The van der Waals surface area contributed by atoms with E-state index >= 15 is 0 Å². The minimum atomic E-state index is -0.165. The van der Waals surface area contributed by atoms with Gasteiger partial charge in [-0.25, -0.2) is 0 Å². The number of amides is 2. The van der Waals surface area contributed by atoms with Crippen molar-refractivity contribution >= 4 is 29.1 Å². The number of nitrogens with zero attached hydrogens (tertiary/aromatic N) is 3. The van der Waals surface area contributed by atoms with Gasteiger partial charge >= 0.3 is 0 Å². The molecule has 0 spiro atoms. The van der Waals surface area contributed by atoms with Gasteiger partial charge in [-0.3, -0.25) is 14.5 Å². The first kappa shape index (κ1) is 20.4. The van der Waals surface area contributed by atoms with Gasteiger partial charge in [-0.2, -0.15) is 0 Å². The summed E-state index contributed by atoms with van der Waals surface area (Å²) in [6, 6.07) is 15.8. The van der Waals surface area contributed by atoms with Gasteiger partial charge in [0.2, 0.25) is 11.8 Å². The van der Waals surface area contributed by atoms with Crippen LogP contribution in [-0.4, -0.2) is 54.3 Å². The van der Waals surface area contributed by atoms with Gasteiger partial charge in [0.1, 0.15) is 6.54 Å². The molecule has 1 aliphatic rings. The van der Waals surface area contributed by atoms with Crippen LogP contribution in [0.4, 0.5) is 5.69 Å². The molecule has 1 aliphatic heterocycles. The van der Waals surface area contributed by atoms with Crippen molar-refractivity contribution in [1.82, 2.24) is 9.80 Å². The van der Waals surface area contributed by atoms with Crippen molar-refractivity contribution in [2.24, 2.45) is 0 Å². The maximum Gasteiger partial charge on any atom is 0.242 e. The highest BCUT2D eigenvalue weighted by atomic mass is 35.5. The lowest BCUT2D eigenvalue weighted by molar-refractivity contribution is -0.132. The van der Waals surface area contributed by atoms with Crippen LogP contribution in [0.2, 0.25) is 5.02 Å². The van der Waals surface area contributed by atoms with Gasteiger partial charge in [-0.1, -0.05) is 48.0 Å². The van der Waals surface area contributed by atoms with Gasteiger partial charge in [-0.05, 0) is 30.2 Å². The predicted molar refractivity (Wildman–Crippen MR) is 113 cm³/mol. The molecule has 0 aliphatic carbocycles. The number of hydrogen-bond acceptors (Lipinski definition) is 3. The highest BCUT2D eigenvalue weighted by Crippen LogP contribution is 2.26. The van der Waals surface area contributed by atoms with E-state index in [1.54, 1.807) is 12.1 Å². The number of rotatable bonds is 5. The summed E-state index contributed by atoms with van der Waals surface area (Å²) in [5, 5.41) is 0.589. The summed E-state index contributed by atoms with van der Waals surface area (Å²) < 4.78 is 0. The number of piperazine rings is 1. The summed E-state index contributed by atoms with van der Waals surface area (Å²) in [4.78, 5) is 30.7. The Morgan fingerprint density at radius 2 is 1.68 bits per heavy atom. The largest absolute Gasteiger partial charge is 0.339 e. The van der Waals surface area contributed by atoms with Crippen LogP contribution in [0, 0.1) is 6.92 Å². The lowest BCUT2D eigenvalue weighted by Crippen LogP contribution is -2.51. The molecule has 3 rings (SSSR count). The fraction of sp³-hybridized carbons (Fsp3) is 0.364. The van der Waals surface area contributed by atoms with E-state index in [9.17, 15) is 9.59 Å². The summed E-state index contributed by atoms with van der Waals surface area (Å²) >= 11 is 6.19. The van der Waals surface area contributed by atoms with Crippen LogP contribution in [0.15, 0.2) is 48.5 Å². The van der Waals surface area contributed by atoms with E-state index in [4.69, 9.17) is 11.6 Å². The Morgan fingerprint density at radius 3 is 2.32 bits per heavy atom. The Labute approximate surface area is 171 Å². The number of carbonyl (C=O) groups is 2. The van der Waals surface area contributed by atoms with Crippen LogP contribution in [0.5, 0.6) is 0 Å². The third-order valence-corrected chi connectivity index (χ3v) is 5.59. The standard InChI is InChI=1S/C22H26ClN3O2/c1-17-20(23)9-6-10-21(17)26(18(2)27)16-22(28)25-13-11-24(12-14-25)15-19-7-4-3-5-8-19/h3-10H,11-16H2,1-2H3. The van der Waals surface area contributed by atoms with Gasteiger partial charge in [-0.15, -0.1) is 0 Å². The van der Waals surface area contributed by atoms with Crippen LogP contribution in [0.1, 0.15) is 18.1 Å². The molecule has 2 amide bonds. The molecule has 5 nitrogen and oxygen atoms in total. The van der Waals surface area contributed by atoms with Gasteiger partial charge < -0.3 is 9.80 Å². The van der Waals surface area contributed by atoms with Gasteiger partial charge in [0.15, 0.2) is 0 Å². The van der Waals surface area contributed by atoms with Crippen LogP contribution >= 0.6 is 11.6 Å². The monoisotopic (exact) mass is 399 g/mol. The Bertz CT molecular complexity index is 833. The quantitative estimate of drug-likeness (QED) is 0.774. The predicted octanol–water partition coefficient (Wildman–Crippen LogP) is 3.35. The normalized spacial score (nSPS) is 14.8. The molecule has 0 radical (unpaired) electrons. The van der Waals surface area contributed by atoms with Crippen molar-refractivity contribution in [3.8, 4) is 0 Å². The molecule has 148 valence electrons. The summed E-state index contributed by atoms with van der Waals surface area (Å²) in [6.45, 7) is 7.27. The first-order valence-electron chi connectivity index (χ1n) is 9.53. The highest BCUT2D eigenvalue weighted by Gasteiger charge is 2.25. The van der Waals surface area contributed by atoms with Gasteiger partial charge in [0.05, 0.1) is 0 Å². The molecule has 0 bridgehead atoms. The maximum atomic E-state index is 12.8. The molecule has 0 atom stereocenters.